The Balaban J connectivity index is 1.67. The Labute approximate surface area is 145 Å². The molecule has 6 heteroatoms. The molecule has 4 rings (SSSR count). The molecule has 0 spiro atoms. The minimum absolute atomic E-state index is 0.0996. The Morgan fingerprint density at radius 1 is 0.960 bits per heavy atom. The molecule has 0 saturated carbocycles. The predicted octanol–water partition coefficient (Wildman–Crippen LogP) is 3.10. The lowest BCUT2D eigenvalue weighted by Crippen LogP contribution is -2.28. The van der Waals surface area contributed by atoms with E-state index in [1.54, 1.807) is 36.4 Å². The van der Waals surface area contributed by atoms with Crippen molar-refractivity contribution in [1.29, 1.82) is 0 Å². The lowest BCUT2D eigenvalue weighted by molar-refractivity contribution is -0.143. The van der Waals surface area contributed by atoms with Crippen LogP contribution in [0.5, 0.6) is 0 Å². The predicted molar refractivity (Wildman–Crippen MR) is 92.0 cm³/mol. The average molecular weight is 354 g/mol. The second-order valence-electron chi connectivity index (χ2n) is 5.78. The van der Waals surface area contributed by atoms with E-state index in [0.717, 1.165) is 5.39 Å². The largest absolute Gasteiger partial charge is 0.454 e. The molecule has 2 aromatic carbocycles. The molecule has 2 atom stereocenters. The number of ether oxygens (including phenoxy) is 1. The van der Waals surface area contributed by atoms with Crippen molar-refractivity contribution in [2.45, 2.75) is 11.0 Å². The van der Waals surface area contributed by atoms with Crippen LogP contribution in [0.2, 0.25) is 0 Å². The van der Waals surface area contributed by atoms with Crippen molar-refractivity contribution in [2.75, 3.05) is 0 Å². The van der Waals surface area contributed by atoms with Gasteiger partial charge in [0.05, 0.1) is 0 Å². The second-order valence-corrected chi connectivity index (χ2v) is 7.30. The zero-order valence-electron chi connectivity index (χ0n) is 13.0. The van der Waals surface area contributed by atoms with Gasteiger partial charge in [-0.2, -0.15) is 8.42 Å². The third-order valence-electron chi connectivity index (χ3n) is 4.12. The van der Waals surface area contributed by atoms with Crippen LogP contribution in [-0.2, 0) is 23.8 Å². The molecule has 2 aromatic rings. The van der Waals surface area contributed by atoms with E-state index in [-0.39, 0.29) is 16.6 Å². The summed E-state index contributed by atoms with van der Waals surface area (Å²) >= 11 is 0. The number of hydrogen-bond acceptors (Lipinski definition) is 5. The smallest absolute Gasteiger partial charge is 0.339 e. The van der Waals surface area contributed by atoms with Gasteiger partial charge in [-0.05, 0) is 17.5 Å². The SMILES string of the molecule is O=C1C=C[C@@H]2C=CC(OS(=O)(=O)c3cccc4ccccc34)=C[C@@H]2O1. The highest BCUT2D eigenvalue weighted by Gasteiger charge is 2.28. The van der Waals surface area contributed by atoms with E-state index in [4.69, 9.17) is 8.92 Å². The fraction of sp³-hybridized carbons (Fsp3) is 0.105. The minimum atomic E-state index is -4.02. The van der Waals surface area contributed by atoms with E-state index in [9.17, 15) is 13.2 Å². The van der Waals surface area contributed by atoms with Crippen molar-refractivity contribution in [3.8, 4) is 0 Å². The molecule has 0 bridgehead atoms. The van der Waals surface area contributed by atoms with Gasteiger partial charge in [0.25, 0.3) is 0 Å². The van der Waals surface area contributed by atoms with E-state index >= 15 is 0 Å². The summed E-state index contributed by atoms with van der Waals surface area (Å²) in [6, 6.07) is 12.2. The Bertz CT molecular complexity index is 1040. The topological polar surface area (TPSA) is 69.7 Å². The van der Waals surface area contributed by atoms with E-state index in [0.29, 0.717) is 5.39 Å². The van der Waals surface area contributed by atoms with Crippen LogP contribution < -0.4 is 0 Å². The molecule has 5 nitrogen and oxygen atoms in total. The average Bonchev–Trinajstić information content (AvgIpc) is 2.60. The van der Waals surface area contributed by atoms with Crippen molar-refractivity contribution >= 4 is 26.9 Å². The Hall–Kier alpha value is -2.86. The zero-order valence-corrected chi connectivity index (χ0v) is 13.8. The summed E-state index contributed by atoms with van der Waals surface area (Å²) in [5.74, 6) is -0.424. The summed E-state index contributed by atoms with van der Waals surface area (Å²) in [6.45, 7) is 0. The van der Waals surface area contributed by atoms with Gasteiger partial charge in [0.15, 0.2) is 0 Å². The second kappa shape index (κ2) is 5.89. The van der Waals surface area contributed by atoms with Crippen LogP contribution in [0.25, 0.3) is 10.8 Å². The maximum atomic E-state index is 12.7. The molecule has 1 heterocycles. The summed E-state index contributed by atoms with van der Waals surface area (Å²) in [5, 5.41) is 1.40. The molecular formula is C19H14O5S. The molecule has 25 heavy (non-hydrogen) atoms. The van der Waals surface area contributed by atoms with Crippen LogP contribution in [0.4, 0.5) is 0 Å². The van der Waals surface area contributed by atoms with Crippen LogP contribution in [0.15, 0.2) is 83.5 Å². The number of hydrogen-bond donors (Lipinski definition) is 0. The fourth-order valence-corrected chi connectivity index (χ4v) is 4.09. The summed E-state index contributed by atoms with van der Waals surface area (Å²) in [6.07, 6.45) is 7.36. The maximum absolute atomic E-state index is 12.7. The van der Waals surface area contributed by atoms with Gasteiger partial charge >= 0.3 is 16.1 Å². The molecule has 0 aromatic heterocycles. The Morgan fingerprint density at radius 2 is 1.72 bits per heavy atom. The normalized spacial score (nSPS) is 22.2. The number of rotatable bonds is 3. The first-order chi connectivity index (χ1) is 12.0. The van der Waals surface area contributed by atoms with Gasteiger partial charge in [-0.25, -0.2) is 4.79 Å². The third-order valence-corrected chi connectivity index (χ3v) is 5.43. The third kappa shape index (κ3) is 2.96. The molecule has 1 aliphatic carbocycles. The van der Waals surface area contributed by atoms with Crippen molar-refractivity contribution in [1.82, 2.24) is 0 Å². The standard InChI is InChI=1S/C19H14O5S/c20-19-11-9-14-8-10-15(12-17(14)23-19)24-25(21,22)18-7-3-5-13-4-1-2-6-16(13)18/h1-12,14,17H/t14-,17-/m0/s1. The number of benzene rings is 2. The van der Waals surface area contributed by atoms with Crippen LogP contribution in [-0.4, -0.2) is 20.5 Å². The van der Waals surface area contributed by atoms with E-state index < -0.39 is 22.2 Å². The number of allylic oxidation sites excluding steroid dienone is 1. The van der Waals surface area contributed by atoms with Gasteiger partial charge in [-0.1, -0.05) is 48.6 Å². The first kappa shape index (κ1) is 15.7. The monoisotopic (exact) mass is 354 g/mol. The summed E-state index contributed by atoms with van der Waals surface area (Å²) in [4.78, 5) is 11.5. The summed E-state index contributed by atoms with van der Waals surface area (Å²) in [7, 11) is -4.02. The zero-order chi connectivity index (χ0) is 17.4. The molecule has 0 saturated heterocycles. The number of carbonyl (C=O) groups excluding carboxylic acids is 1. The highest BCUT2D eigenvalue weighted by molar-refractivity contribution is 7.87. The van der Waals surface area contributed by atoms with Gasteiger partial charge < -0.3 is 8.92 Å². The van der Waals surface area contributed by atoms with Crippen LogP contribution in [0.3, 0.4) is 0 Å². The van der Waals surface area contributed by atoms with E-state index in [1.165, 1.54) is 18.2 Å². The highest BCUT2D eigenvalue weighted by atomic mass is 32.2. The lowest BCUT2D eigenvalue weighted by Gasteiger charge is -2.25. The van der Waals surface area contributed by atoms with E-state index in [1.807, 2.05) is 18.2 Å². The van der Waals surface area contributed by atoms with Gasteiger partial charge in [0.1, 0.15) is 16.8 Å². The molecule has 126 valence electrons. The van der Waals surface area contributed by atoms with Gasteiger partial charge in [0.2, 0.25) is 0 Å². The number of carbonyl (C=O) groups is 1. The Kier molecular flexibility index (Phi) is 3.69. The molecule has 0 fully saturated rings. The Morgan fingerprint density at radius 3 is 2.60 bits per heavy atom. The molecule has 0 unspecified atom stereocenters. The summed E-state index contributed by atoms with van der Waals surface area (Å²) < 4.78 is 35.9. The lowest BCUT2D eigenvalue weighted by atomic mass is 9.95. The molecule has 0 amide bonds. The highest BCUT2D eigenvalue weighted by Crippen LogP contribution is 2.29. The minimum Gasteiger partial charge on any atom is -0.454 e. The molecule has 1 aliphatic heterocycles. The van der Waals surface area contributed by atoms with Crippen molar-refractivity contribution < 1.29 is 22.1 Å². The molecule has 0 radical (unpaired) electrons. The van der Waals surface area contributed by atoms with Gasteiger partial charge in [-0.3, -0.25) is 0 Å². The first-order valence-electron chi connectivity index (χ1n) is 7.74. The van der Waals surface area contributed by atoms with E-state index in [2.05, 4.69) is 0 Å². The quantitative estimate of drug-likeness (QED) is 0.626. The first-order valence-corrected chi connectivity index (χ1v) is 9.15. The number of esters is 1. The number of fused-ring (bicyclic) bond motifs is 2. The van der Waals surface area contributed by atoms with Crippen LogP contribution in [0.1, 0.15) is 0 Å². The molecule has 0 N–H and O–H groups in total. The van der Waals surface area contributed by atoms with Crippen molar-refractivity contribution in [2.24, 2.45) is 5.92 Å². The van der Waals surface area contributed by atoms with Crippen molar-refractivity contribution in [3.63, 3.8) is 0 Å². The summed E-state index contributed by atoms with van der Waals surface area (Å²) in [5.41, 5.74) is 0. The van der Waals surface area contributed by atoms with Crippen LogP contribution in [0, 0.1) is 5.92 Å². The molecule has 2 aliphatic rings. The van der Waals surface area contributed by atoms with Crippen LogP contribution >= 0.6 is 0 Å². The van der Waals surface area contributed by atoms with Gasteiger partial charge in [0, 0.05) is 23.5 Å². The van der Waals surface area contributed by atoms with Crippen molar-refractivity contribution in [3.05, 3.63) is 78.6 Å². The fourth-order valence-electron chi connectivity index (χ4n) is 2.93. The molecular weight excluding hydrogens is 340 g/mol. The van der Waals surface area contributed by atoms with Gasteiger partial charge in [-0.15, -0.1) is 0 Å². The maximum Gasteiger partial charge on any atom is 0.339 e.